The predicted molar refractivity (Wildman–Crippen MR) is 122 cm³/mol. The van der Waals surface area contributed by atoms with E-state index in [4.69, 9.17) is 4.74 Å². The van der Waals surface area contributed by atoms with Crippen molar-refractivity contribution in [1.29, 1.82) is 0 Å². The lowest BCUT2D eigenvalue weighted by atomic mass is 10.2. The molecule has 1 aromatic carbocycles. The summed E-state index contributed by atoms with van der Waals surface area (Å²) in [7, 11) is 0. The lowest BCUT2D eigenvalue weighted by Crippen LogP contribution is -2.36. The van der Waals surface area contributed by atoms with Crippen molar-refractivity contribution in [3.63, 3.8) is 0 Å². The number of anilines is 2. The van der Waals surface area contributed by atoms with E-state index in [1.165, 1.54) is 35.6 Å². The summed E-state index contributed by atoms with van der Waals surface area (Å²) in [5, 5.41) is 6.19. The Bertz CT molecular complexity index is 1130. The van der Waals surface area contributed by atoms with E-state index in [9.17, 15) is 14.0 Å². The highest BCUT2D eigenvalue weighted by molar-refractivity contribution is 7.18. The molecule has 166 valence electrons. The number of nitrogens with zero attached hydrogens (tertiary/aromatic N) is 2. The van der Waals surface area contributed by atoms with Gasteiger partial charge in [0.1, 0.15) is 11.6 Å². The number of rotatable bonds is 6. The van der Waals surface area contributed by atoms with Crippen LogP contribution in [-0.2, 0) is 11.3 Å². The fourth-order valence-electron chi connectivity index (χ4n) is 3.38. The minimum Gasteiger partial charge on any atom is -0.378 e. The fraction of sp³-hybridized carbons (Fsp3) is 0.261. The van der Waals surface area contributed by atoms with E-state index in [2.05, 4.69) is 20.5 Å². The van der Waals surface area contributed by atoms with Crippen molar-refractivity contribution in [3.8, 4) is 0 Å². The Morgan fingerprint density at radius 1 is 1.16 bits per heavy atom. The number of carbonyl (C=O) groups is 2. The van der Waals surface area contributed by atoms with E-state index >= 15 is 0 Å². The van der Waals surface area contributed by atoms with Crippen LogP contribution in [0.1, 0.15) is 31.2 Å². The molecule has 9 heteroatoms. The molecular weight excluding hydrogens is 431 g/mol. The average Bonchev–Trinajstić information content (AvgIpc) is 3.18. The molecular formula is C23H23FN4O3S. The Morgan fingerprint density at radius 2 is 1.97 bits per heavy atom. The largest absolute Gasteiger partial charge is 0.378 e. The van der Waals surface area contributed by atoms with Gasteiger partial charge >= 0.3 is 0 Å². The van der Waals surface area contributed by atoms with Crippen molar-refractivity contribution in [2.24, 2.45) is 0 Å². The molecule has 0 radical (unpaired) electrons. The van der Waals surface area contributed by atoms with Crippen LogP contribution in [0.25, 0.3) is 0 Å². The van der Waals surface area contributed by atoms with Crippen LogP contribution in [-0.4, -0.2) is 43.1 Å². The van der Waals surface area contributed by atoms with E-state index < -0.39 is 11.7 Å². The van der Waals surface area contributed by atoms with Crippen molar-refractivity contribution in [1.82, 2.24) is 10.3 Å². The summed E-state index contributed by atoms with van der Waals surface area (Å²) in [6.45, 7) is 5.12. The van der Waals surface area contributed by atoms with Crippen LogP contribution in [0.2, 0.25) is 0 Å². The third-order valence-corrected chi connectivity index (χ3v) is 6.20. The molecule has 2 N–H and O–H groups in total. The van der Waals surface area contributed by atoms with Crippen molar-refractivity contribution >= 4 is 34.0 Å². The molecule has 0 unspecified atom stereocenters. The van der Waals surface area contributed by atoms with Crippen LogP contribution in [0.3, 0.4) is 0 Å². The number of halogens is 1. The van der Waals surface area contributed by atoms with E-state index in [0.29, 0.717) is 29.6 Å². The summed E-state index contributed by atoms with van der Waals surface area (Å²) in [5.41, 5.74) is 1.92. The molecule has 0 saturated carbocycles. The summed E-state index contributed by atoms with van der Waals surface area (Å²) < 4.78 is 18.7. The molecule has 1 saturated heterocycles. The third-order valence-electron chi connectivity index (χ3n) is 5.05. The van der Waals surface area contributed by atoms with Crippen LogP contribution in [0, 0.1) is 12.7 Å². The number of pyridine rings is 1. The monoisotopic (exact) mass is 454 g/mol. The van der Waals surface area contributed by atoms with Crippen molar-refractivity contribution in [2.45, 2.75) is 13.5 Å². The maximum atomic E-state index is 13.4. The van der Waals surface area contributed by atoms with E-state index in [-0.39, 0.29) is 11.5 Å². The number of nitrogens with one attached hydrogen (secondary N) is 2. The van der Waals surface area contributed by atoms with Gasteiger partial charge in [0.15, 0.2) is 0 Å². The standard InChI is InChI=1S/C23H23FN4O3S/c1-15-11-20(27-22(29)17-3-2-4-18(24)13-17)32-21(15)23(30)26-14-16-5-6-25-19(12-16)28-7-9-31-10-8-28/h2-6,11-13H,7-10,14H2,1H3,(H,26,30)(H,27,29). The first-order chi connectivity index (χ1) is 15.5. The molecule has 3 heterocycles. The summed E-state index contributed by atoms with van der Waals surface area (Å²) in [4.78, 5) is 32.2. The number of hydrogen-bond donors (Lipinski definition) is 2. The second kappa shape index (κ2) is 9.88. The van der Waals surface area contributed by atoms with Crippen LogP contribution < -0.4 is 15.5 Å². The number of hydrogen-bond acceptors (Lipinski definition) is 6. The molecule has 32 heavy (non-hydrogen) atoms. The van der Waals surface area contributed by atoms with Crippen LogP contribution in [0.15, 0.2) is 48.7 Å². The van der Waals surface area contributed by atoms with Gasteiger partial charge in [-0.15, -0.1) is 11.3 Å². The predicted octanol–water partition coefficient (Wildman–Crippen LogP) is 3.61. The first-order valence-corrected chi connectivity index (χ1v) is 11.0. The van der Waals surface area contributed by atoms with Gasteiger partial charge in [0, 0.05) is 31.4 Å². The number of carbonyl (C=O) groups excluding carboxylic acids is 2. The number of thiophene rings is 1. The van der Waals surface area contributed by atoms with E-state index in [0.717, 1.165) is 30.0 Å². The van der Waals surface area contributed by atoms with Gasteiger partial charge < -0.3 is 20.3 Å². The summed E-state index contributed by atoms with van der Waals surface area (Å²) >= 11 is 1.18. The fourth-order valence-corrected chi connectivity index (χ4v) is 4.37. The van der Waals surface area contributed by atoms with E-state index in [1.807, 2.05) is 19.1 Å². The van der Waals surface area contributed by atoms with Crippen molar-refractivity contribution in [3.05, 3.63) is 76.0 Å². The van der Waals surface area contributed by atoms with Crippen LogP contribution in [0.5, 0.6) is 0 Å². The normalized spacial score (nSPS) is 13.6. The minimum atomic E-state index is -0.479. The summed E-state index contributed by atoms with van der Waals surface area (Å²) in [5.74, 6) is -0.253. The van der Waals surface area contributed by atoms with Gasteiger partial charge in [0.2, 0.25) is 0 Å². The quantitative estimate of drug-likeness (QED) is 0.595. The molecule has 1 aliphatic heterocycles. The van der Waals surface area contributed by atoms with Gasteiger partial charge in [-0.2, -0.15) is 0 Å². The number of morpholine rings is 1. The third kappa shape index (κ3) is 5.30. The van der Waals surface area contributed by atoms with Crippen LogP contribution >= 0.6 is 11.3 Å². The molecule has 4 rings (SSSR count). The molecule has 0 atom stereocenters. The first kappa shape index (κ1) is 21.9. The highest BCUT2D eigenvalue weighted by Gasteiger charge is 2.17. The Morgan fingerprint density at radius 3 is 2.75 bits per heavy atom. The number of aromatic nitrogens is 1. The Labute approximate surface area is 189 Å². The minimum absolute atomic E-state index is 0.218. The van der Waals surface area contributed by atoms with Gasteiger partial charge in [0.25, 0.3) is 11.8 Å². The molecule has 7 nitrogen and oxygen atoms in total. The number of ether oxygens (including phenoxy) is 1. The number of amides is 2. The SMILES string of the molecule is Cc1cc(NC(=O)c2cccc(F)c2)sc1C(=O)NCc1ccnc(N2CCOCC2)c1. The second-order valence-corrected chi connectivity index (χ2v) is 8.44. The Kier molecular flexibility index (Phi) is 6.77. The number of aryl methyl sites for hydroxylation is 1. The van der Waals surface area contributed by atoms with Crippen LogP contribution in [0.4, 0.5) is 15.2 Å². The first-order valence-electron chi connectivity index (χ1n) is 10.2. The zero-order chi connectivity index (χ0) is 22.5. The van der Waals surface area contributed by atoms with Crippen molar-refractivity contribution in [2.75, 3.05) is 36.5 Å². The van der Waals surface area contributed by atoms with E-state index in [1.54, 1.807) is 12.3 Å². The average molecular weight is 455 g/mol. The van der Waals surface area contributed by atoms with Crippen molar-refractivity contribution < 1.29 is 18.7 Å². The lowest BCUT2D eigenvalue weighted by Gasteiger charge is -2.28. The molecule has 0 spiro atoms. The highest BCUT2D eigenvalue weighted by Crippen LogP contribution is 2.27. The Balaban J connectivity index is 1.38. The molecule has 0 aliphatic carbocycles. The molecule has 2 aromatic heterocycles. The zero-order valence-corrected chi connectivity index (χ0v) is 18.4. The summed E-state index contributed by atoms with van der Waals surface area (Å²) in [6.07, 6.45) is 1.74. The second-order valence-electron chi connectivity index (χ2n) is 7.39. The lowest BCUT2D eigenvalue weighted by molar-refractivity contribution is 0.0953. The van der Waals surface area contributed by atoms with Gasteiger partial charge in [0.05, 0.1) is 23.1 Å². The van der Waals surface area contributed by atoms with Gasteiger partial charge in [-0.1, -0.05) is 6.07 Å². The molecule has 1 fully saturated rings. The maximum absolute atomic E-state index is 13.4. The summed E-state index contributed by atoms with van der Waals surface area (Å²) in [6, 6.07) is 11.0. The highest BCUT2D eigenvalue weighted by atomic mass is 32.1. The van der Waals surface area contributed by atoms with Gasteiger partial charge in [-0.3, -0.25) is 9.59 Å². The molecule has 3 aromatic rings. The van der Waals surface area contributed by atoms with Gasteiger partial charge in [-0.05, 0) is 54.4 Å². The topological polar surface area (TPSA) is 83.6 Å². The molecule has 0 bridgehead atoms. The smallest absolute Gasteiger partial charge is 0.261 e. The number of benzene rings is 1. The Hall–Kier alpha value is -3.30. The molecule has 1 aliphatic rings. The maximum Gasteiger partial charge on any atom is 0.261 e. The van der Waals surface area contributed by atoms with Gasteiger partial charge in [-0.25, -0.2) is 9.37 Å². The zero-order valence-electron chi connectivity index (χ0n) is 17.6. The molecule has 2 amide bonds.